The van der Waals surface area contributed by atoms with Gasteiger partial charge in [-0.3, -0.25) is 9.78 Å². The minimum absolute atomic E-state index is 0.0620. The Labute approximate surface area is 131 Å². The Morgan fingerprint density at radius 1 is 1.17 bits per heavy atom. The molecule has 8 nitrogen and oxygen atoms in total. The third kappa shape index (κ3) is 4.03. The predicted octanol–water partition coefficient (Wildman–Crippen LogP) is 0.885. The van der Waals surface area contributed by atoms with Crippen molar-refractivity contribution in [2.75, 3.05) is 0 Å². The molecule has 8 heteroatoms. The number of carbonyl (C=O) groups excluding carboxylic acids is 1. The van der Waals surface area contributed by atoms with E-state index in [9.17, 15) is 4.79 Å². The number of amides is 1. The molecule has 23 heavy (non-hydrogen) atoms. The van der Waals surface area contributed by atoms with Gasteiger partial charge in [-0.2, -0.15) is 9.90 Å². The normalized spacial score (nSPS) is 10.8. The molecule has 1 amide bonds. The van der Waals surface area contributed by atoms with Crippen molar-refractivity contribution in [3.63, 3.8) is 0 Å². The van der Waals surface area contributed by atoms with Crippen LogP contribution in [0.5, 0.6) is 0 Å². The first-order valence-corrected chi connectivity index (χ1v) is 6.86. The van der Waals surface area contributed by atoms with Crippen molar-refractivity contribution in [3.05, 3.63) is 60.4 Å². The maximum Gasteiger partial charge on any atom is 0.263 e. The second-order valence-electron chi connectivity index (χ2n) is 4.58. The Bertz CT molecular complexity index is 799. The van der Waals surface area contributed by atoms with E-state index in [-0.39, 0.29) is 12.5 Å². The molecule has 0 aliphatic heterocycles. The van der Waals surface area contributed by atoms with Crippen molar-refractivity contribution in [1.29, 1.82) is 0 Å². The van der Waals surface area contributed by atoms with Gasteiger partial charge in [-0.15, -0.1) is 10.2 Å². The highest BCUT2D eigenvalue weighted by molar-refractivity contribution is 5.82. The Hall–Kier alpha value is -3.42. The van der Waals surface area contributed by atoms with E-state index >= 15 is 0 Å². The summed E-state index contributed by atoms with van der Waals surface area (Å²) in [6.45, 7) is -0.0620. The van der Waals surface area contributed by atoms with Gasteiger partial charge < -0.3 is 0 Å². The lowest BCUT2D eigenvalue weighted by Gasteiger charge is -1.98. The maximum atomic E-state index is 11.8. The summed E-state index contributed by atoms with van der Waals surface area (Å²) in [6.07, 6.45) is 4.82. The summed E-state index contributed by atoms with van der Waals surface area (Å²) in [5.74, 6) is 0.131. The van der Waals surface area contributed by atoms with Gasteiger partial charge >= 0.3 is 0 Å². The monoisotopic (exact) mass is 307 g/mol. The minimum atomic E-state index is -0.340. The van der Waals surface area contributed by atoms with Gasteiger partial charge in [0, 0.05) is 18.0 Å². The lowest BCUT2D eigenvalue weighted by Crippen LogP contribution is -2.24. The molecule has 0 atom stereocenters. The molecule has 0 saturated carbocycles. The van der Waals surface area contributed by atoms with E-state index in [4.69, 9.17) is 0 Å². The number of carbonyl (C=O) groups is 1. The number of benzene rings is 1. The molecule has 2 heterocycles. The molecule has 3 aromatic rings. The highest BCUT2D eigenvalue weighted by Gasteiger charge is 2.08. The van der Waals surface area contributed by atoms with E-state index in [1.807, 2.05) is 30.3 Å². The largest absolute Gasteiger partial charge is 0.271 e. The molecule has 0 unspecified atom stereocenters. The molecule has 0 spiro atoms. The van der Waals surface area contributed by atoms with Crippen LogP contribution in [0, 0.1) is 0 Å². The van der Waals surface area contributed by atoms with Gasteiger partial charge in [-0.25, -0.2) is 5.43 Å². The van der Waals surface area contributed by atoms with E-state index in [1.165, 1.54) is 11.0 Å². The van der Waals surface area contributed by atoms with E-state index in [2.05, 4.69) is 30.9 Å². The first-order valence-electron chi connectivity index (χ1n) is 6.86. The van der Waals surface area contributed by atoms with E-state index in [0.29, 0.717) is 5.82 Å². The van der Waals surface area contributed by atoms with Gasteiger partial charge in [0.2, 0.25) is 5.82 Å². The molecule has 1 N–H and O–H groups in total. The van der Waals surface area contributed by atoms with Crippen LogP contribution in [0.2, 0.25) is 0 Å². The Balaban J connectivity index is 1.56. The summed E-state index contributed by atoms with van der Waals surface area (Å²) in [4.78, 5) is 16.9. The smallest absolute Gasteiger partial charge is 0.263 e. The molecule has 0 aliphatic rings. The van der Waals surface area contributed by atoms with Crippen LogP contribution in [0.15, 0.2) is 60.0 Å². The Morgan fingerprint density at radius 3 is 2.74 bits per heavy atom. The molecular weight excluding hydrogens is 294 g/mol. The quantitative estimate of drug-likeness (QED) is 0.557. The van der Waals surface area contributed by atoms with Gasteiger partial charge in [0.05, 0.1) is 6.21 Å². The van der Waals surface area contributed by atoms with Crippen molar-refractivity contribution in [3.8, 4) is 11.4 Å². The zero-order chi connectivity index (χ0) is 15.9. The fourth-order valence-electron chi connectivity index (χ4n) is 1.81. The van der Waals surface area contributed by atoms with Gasteiger partial charge in [0.25, 0.3) is 5.91 Å². The summed E-state index contributed by atoms with van der Waals surface area (Å²) in [5.41, 5.74) is 4.09. The lowest BCUT2D eigenvalue weighted by atomic mass is 10.2. The van der Waals surface area contributed by atoms with Crippen molar-refractivity contribution in [2.45, 2.75) is 6.54 Å². The molecule has 114 valence electrons. The Morgan fingerprint density at radius 2 is 1.96 bits per heavy atom. The number of hydrazone groups is 1. The number of aromatic nitrogens is 5. The number of pyridine rings is 1. The summed E-state index contributed by atoms with van der Waals surface area (Å²) in [7, 11) is 0. The van der Waals surface area contributed by atoms with Crippen molar-refractivity contribution in [1.82, 2.24) is 30.6 Å². The van der Waals surface area contributed by atoms with Crippen LogP contribution in [0.3, 0.4) is 0 Å². The number of hydrogen-bond acceptors (Lipinski definition) is 6. The fraction of sp³-hybridized carbons (Fsp3) is 0.0667. The van der Waals surface area contributed by atoms with E-state index < -0.39 is 0 Å². The average molecular weight is 307 g/mol. The number of nitrogens with one attached hydrogen (secondary N) is 1. The van der Waals surface area contributed by atoms with Crippen LogP contribution in [-0.2, 0) is 11.3 Å². The molecule has 0 bridgehead atoms. The zero-order valence-electron chi connectivity index (χ0n) is 12.1. The molecule has 0 fully saturated rings. The van der Waals surface area contributed by atoms with Crippen molar-refractivity contribution in [2.24, 2.45) is 5.10 Å². The summed E-state index contributed by atoms with van der Waals surface area (Å²) >= 11 is 0. The SMILES string of the molecule is O=C(Cn1nnc(-c2ccccc2)n1)N/N=C/c1ccncc1. The first-order chi connectivity index (χ1) is 11.3. The first kappa shape index (κ1) is 14.5. The van der Waals surface area contributed by atoms with E-state index in [0.717, 1.165) is 11.1 Å². The zero-order valence-corrected chi connectivity index (χ0v) is 12.1. The summed E-state index contributed by atoms with van der Waals surface area (Å²) in [6, 6.07) is 13.0. The maximum absolute atomic E-state index is 11.8. The number of nitrogens with zero attached hydrogens (tertiary/aromatic N) is 6. The molecule has 1 aromatic carbocycles. The van der Waals surface area contributed by atoms with Crippen LogP contribution in [-0.4, -0.2) is 37.3 Å². The third-order valence-electron chi connectivity index (χ3n) is 2.88. The summed E-state index contributed by atoms with van der Waals surface area (Å²) < 4.78 is 0. The molecule has 0 aliphatic carbocycles. The molecule has 3 rings (SSSR count). The van der Waals surface area contributed by atoms with Gasteiger partial charge in [-0.1, -0.05) is 30.3 Å². The van der Waals surface area contributed by atoms with Gasteiger partial charge in [-0.05, 0) is 22.9 Å². The lowest BCUT2D eigenvalue weighted by molar-refractivity contribution is -0.122. The summed E-state index contributed by atoms with van der Waals surface area (Å²) in [5, 5.41) is 15.8. The van der Waals surface area contributed by atoms with Gasteiger partial charge in [0.1, 0.15) is 6.54 Å². The molecular formula is C15H13N7O. The molecule has 0 radical (unpaired) electrons. The van der Waals surface area contributed by atoms with Crippen LogP contribution >= 0.6 is 0 Å². The molecule has 2 aromatic heterocycles. The van der Waals surface area contributed by atoms with E-state index in [1.54, 1.807) is 24.5 Å². The number of tetrazole rings is 1. The average Bonchev–Trinajstić information content (AvgIpc) is 3.05. The van der Waals surface area contributed by atoms with Crippen molar-refractivity contribution < 1.29 is 4.79 Å². The standard InChI is InChI=1S/C15H13N7O/c23-14(18-17-10-12-6-8-16-9-7-12)11-22-20-15(19-21-22)13-4-2-1-3-5-13/h1-10H,11H2,(H,18,23)/b17-10+. The molecule has 0 saturated heterocycles. The van der Waals surface area contributed by atoms with Gasteiger partial charge in [0.15, 0.2) is 0 Å². The topological polar surface area (TPSA) is 98.0 Å². The van der Waals surface area contributed by atoms with Crippen molar-refractivity contribution >= 4 is 12.1 Å². The number of rotatable bonds is 5. The minimum Gasteiger partial charge on any atom is -0.271 e. The fourth-order valence-corrected chi connectivity index (χ4v) is 1.81. The van der Waals surface area contributed by atoms with Crippen LogP contribution in [0.4, 0.5) is 0 Å². The number of hydrogen-bond donors (Lipinski definition) is 1. The second-order valence-corrected chi connectivity index (χ2v) is 4.58. The van der Waals surface area contributed by atoms with Crippen LogP contribution in [0.1, 0.15) is 5.56 Å². The van der Waals surface area contributed by atoms with Crippen LogP contribution < -0.4 is 5.43 Å². The third-order valence-corrected chi connectivity index (χ3v) is 2.88. The second kappa shape index (κ2) is 7.03. The van der Waals surface area contributed by atoms with Crippen LogP contribution in [0.25, 0.3) is 11.4 Å². The Kier molecular flexibility index (Phi) is 4.44. The predicted molar refractivity (Wildman–Crippen MR) is 83.2 cm³/mol. The highest BCUT2D eigenvalue weighted by Crippen LogP contribution is 2.11. The highest BCUT2D eigenvalue weighted by atomic mass is 16.2.